The minimum Gasteiger partial charge on any atom is -0.508 e. The highest BCUT2D eigenvalue weighted by molar-refractivity contribution is 7.99. The van der Waals surface area contributed by atoms with Gasteiger partial charge in [0.05, 0.1) is 6.61 Å². The first kappa shape index (κ1) is 18.1. The summed E-state index contributed by atoms with van der Waals surface area (Å²) in [6.45, 7) is 2.30. The number of phenols is 1. The number of carbonyl (C=O) groups is 1. The fourth-order valence-electron chi connectivity index (χ4n) is 3.08. The Morgan fingerprint density at radius 3 is 2.83 bits per heavy atom. The number of phenolic OH excluding ortho intramolecular Hbond substituents is 1. The monoisotopic (exact) mass is 337 g/mol. The Balaban J connectivity index is 1.91. The smallest absolute Gasteiger partial charge is 0.305 e. The zero-order chi connectivity index (χ0) is 16.8. The predicted octanol–water partition coefficient (Wildman–Crippen LogP) is 2.87. The molecule has 1 aliphatic carbocycles. The molecule has 0 saturated carbocycles. The number of likely N-dealkylation sites (N-methyl/N-ethyl adjacent to an activating group) is 1. The van der Waals surface area contributed by atoms with Gasteiger partial charge < -0.3 is 14.7 Å². The van der Waals surface area contributed by atoms with Crippen molar-refractivity contribution in [1.29, 1.82) is 0 Å². The van der Waals surface area contributed by atoms with Gasteiger partial charge in [0.15, 0.2) is 0 Å². The third kappa shape index (κ3) is 5.15. The van der Waals surface area contributed by atoms with E-state index in [0.29, 0.717) is 30.1 Å². The van der Waals surface area contributed by atoms with E-state index in [2.05, 4.69) is 19.0 Å². The maximum absolute atomic E-state index is 11.4. The van der Waals surface area contributed by atoms with Gasteiger partial charge in [-0.15, -0.1) is 0 Å². The molecular weight excluding hydrogens is 310 g/mol. The van der Waals surface area contributed by atoms with E-state index in [0.717, 1.165) is 25.0 Å². The zero-order valence-electron chi connectivity index (χ0n) is 14.2. The molecule has 2 atom stereocenters. The Bertz CT molecular complexity index is 533. The van der Waals surface area contributed by atoms with Gasteiger partial charge >= 0.3 is 5.97 Å². The molecule has 128 valence electrons. The summed E-state index contributed by atoms with van der Waals surface area (Å²) < 4.78 is 4.97. The van der Waals surface area contributed by atoms with Crippen LogP contribution in [0.15, 0.2) is 18.2 Å². The molecule has 0 bridgehead atoms. The Kier molecular flexibility index (Phi) is 6.78. The van der Waals surface area contributed by atoms with Gasteiger partial charge in [-0.1, -0.05) is 6.07 Å². The molecule has 5 heteroatoms. The van der Waals surface area contributed by atoms with E-state index >= 15 is 0 Å². The minimum atomic E-state index is -0.0956. The normalized spacial score (nSPS) is 20.3. The van der Waals surface area contributed by atoms with Crippen LogP contribution in [-0.2, 0) is 22.4 Å². The van der Waals surface area contributed by atoms with Crippen molar-refractivity contribution in [2.24, 2.45) is 0 Å². The lowest BCUT2D eigenvalue weighted by Gasteiger charge is -2.37. The number of hydrogen-bond acceptors (Lipinski definition) is 5. The number of fused-ring (bicyclic) bond motifs is 1. The average molecular weight is 337 g/mol. The van der Waals surface area contributed by atoms with Gasteiger partial charge in [0, 0.05) is 17.7 Å². The molecule has 0 aromatic heterocycles. The molecule has 1 N–H and O–H groups in total. The van der Waals surface area contributed by atoms with Gasteiger partial charge in [0.1, 0.15) is 5.75 Å². The van der Waals surface area contributed by atoms with Gasteiger partial charge in [-0.25, -0.2) is 0 Å². The summed E-state index contributed by atoms with van der Waals surface area (Å²) in [5, 5.41) is 10.2. The fourth-order valence-corrected chi connectivity index (χ4v) is 4.55. The molecule has 0 radical (unpaired) electrons. The molecule has 0 aliphatic heterocycles. The SMILES string of the molecule is CCOC(=O)CCCSC1Cc2ccc(O)cc2CC1N(C)C. The largest absolute Gasteiger partial charge is 0.508 e. The standard InChI is InChI=1S/C18H27NO3S/c1-4-22-18(21)6-5-9-23-17-12-13-7-8-15(20)10-14(13)11-16(17)19(2)3/h7-8,10,16-17,20H,4-6,9,11-12H2,1-3H3. The summed E-state index contributed by atoms with van der Waals surface area (Å²) in [5.41, 5.74) is 2.59. The molecule has 2 rings (SSSR count). The number of rotatable bonds is 7. The van der Waals surface area contributed by atoms with Gasteiger partial charge in [0.2, 0.25) is 0 Å². The Hall–Kier alpha value is -1.20. The summed E-state index contributed by atoms with van der Waals surface area (Å²) in [5.74, 6) is 1.23. The molecule has 1 aromatic carbocycles. The molecule has 0 spiro atoms. The van der Waals surface area contributed by atoms with Crippen molar-refractivity contribution >= 4 is 17.7 Å². The van der Waals surface area contributed by atoms with Gasteiger partial charge in [0.25, 0.3) is 0 Å². The Morgan fingerprint density at radius 1 is 1.35 bits per heavy atom. The van der Waals surface area contributed by atoms with Gasteiger partial charge in [-0.3, -0.25) is 4.79 Å². The molecule has 1 aromatic rings. The Labute approximate surface area is 143 Å². The van der Waals surface area contributed by atoms with Crippen LogP contribution in [0, 0.1) is 0 Å². The van der Waals surface area contributed by atoms with E-state index in [1.807, 2.05) is 30.8 Å². The Morgan fingerprint density at radius 2 is 2.13 bits per heavy atom. The van der Waals surface area contributed by atoms with Gasteiger partial charge in [-0.2, -0.15) is 11.8 Å². The first-order valence-electron chi connectivity index (χ1n) is 8.25. The number of nitrogens with zero attached hydrogens (tertiary/aromatic N) is 1. The van der Waals surface area contributed by atoms with Crippen LogP contribution in [0.1, 0.15) is 30.9 Å². The number of hydrogen-bond donors (Lipinski definition) is 1. The molecule has 0 fully saturated rings. The van der Waals surface area contributed by atoms with E-state index in [1.165, 1.54) is 11.1 Å². The zero-order valence-corrected chi connectivity index (χ0v) is 15.1. The first-order chi connectivity index (χ1) is 11.0. The molecular formula is C18H27NO3S. The van der Waals surface area contributed by atoms with Crippen molar-refractivity contribution in [2.45, 2.75) is 43.9 Å². The fraction of sp³-hybridized carbons (Fsp3) is 0.611. The molecule has 4 nitrogen and oxygen atoms in total. The highest BCUT2D eigenvalue weighted by Crippen LogP contribution is 2.33. The highest BCUT2D eigenvalue weighted by atomic mass is 32.2. The lowest BCUT2D eigenvalue weighted by Crippen LogP contribution is -2.43. The number of carbonyl (C=O) groups excluding carboxylic acids is 1. The van der Waals surface area contributed by atoms with Crippen molar-refractivity contribution in [3.63, 3.8) is 0 Å². The molecule has 1 aliphatic rings. The highest BCUT2D eigenvalue weighted by Gasteiger charge is 2.30. The van der Waals surface area contributed by atoms with Crippen LogP contribution in [0.4, 0.5) is 0 Å². The molecule has 0 amide bonds. The lowest BCUT2D eigenvalue weighted by molar-refractivity contribution is -0.143. The van der Waals surface area contributed by atoms with E-state index < -0.39 is 0 Å². The third-order valence-electron chi connectivity index (χ3n) is 4.29. The summed E-state index contributed by atoms with van der Waals surface area (Å²) in [6.07, 6.45) is 3.35. The number of ether oxygens (including phenoxy) is 1. The van der Waals surface area contributed by atoms with Gasteiger partial charge in [-0.05, 0) is 69.3 Å². The second kappa shape index (κ2) is 8.60. The number of aromatic hydroxyl groups is 1. The number of esters is 1. The van der Waals surface area contributed by atoms with E-state index in [4.69, 9.17) is 4.74 Å². The number of thioether (sulfide) groups is 1. The van der Waals surface area contributed by atoms with Crippen molar-refractivity contribution in [3.8, 4) is 5.75 Å². The summed E-state index contributed by atoms with van der Waals surface area (Å²) in [6, 6.07) is 6.17. The third-order valence-corrected chi connectivity index (χ3v) is 5.73. The molecule has 23 heavy (non-hydrogen) atoms. The van der Waals surface area contributed by atoms with E-state index in [9.17, 15) is 9.90 Å². The van der Waals surface area contributed by atoms with Crippen molar-refractivity contribution in [2.75, 3.05) is 26.5 Å². The van der Waals surface area contributed by atoms with E-state index in [1.54, 1.807) is 6.07 Å². The second-order valence-corrected chi connectivity index (χ2v) is 7.56. The van der Waals surface area contributed by atoms with Crippen molar-refractivity contribution in [1.82, 2.24) is 4.90 Å². The van der Waals surface area contributed by atoms with Crippen molar-refractivity contribution in [3.05, 3.63) is 29.3 Å². The molecule has 0 heterocycles. The van der Waals surface area contributed by atoms with Crippen LogP contribution in [-0.4, -0.2) is 53.7 Å². The minimum absolute atomic E-state index is 0.0956. The summed E-state index contributed by atoms with van der Waals surface area (Å²) in [4.78, 5) is 13.7. The van der Waals surface area contributed by atoms with Crippen LogP contribution in [0.25, 0.3) is 0 Å². The predicted molar refractivity (Wildman–Crippen MR) is 95.1 cm³/mol. The first-order valence-corrected chi connectivity index (χ1v) is 9.30. The quantitative estimate of drug-likeness (QED) is 0.612. The number of benzene rings is 1. The van der Waals surface area contributed by atoms with E-state index in [-0.39, 0.29) is 5.97 Å². The van der Waals surface area contributed by atoms with Crippen molar-refractivity contribution < 1.29 is 14.6 Å². The van der Waals surface area contributed by atoms with Crippen LogP contribution in [0.5, 0.6) is 5.75 Å². The second-order valence-electron chi connectivity index (χ2n) is 6.21. The molecule has 2 unspecified atom stereocenters. The van der Waals surface area contributed by atoms with Crippen LogP contribution >= 0.6 is 11.8 Å². The summed E-state index contributed by atoms with van der Waals surface area (Å²) in [7, 11) is 4.23. The average Bonchev–Trinajstić information content (AvgIpc) is 2.51. The maximum Gasteiger partial charge on any atom is 0.305 e. The summed E-state index contributed by atoms with van der Waals surface area (Å²) >= 11 is 1.95. The maximum atomic E-state index is 11.4. The topological polar surface area (TPSA) is 49.8 Å². The lowest BCUT2D eigenvalue weighted by atomic mass is 9.87. The van der Waals surface area contributed by atoms with Crippen LogP contribution < -0.4 is 0 Å². The van der Waals surface area contributed by atoms with Crippen LogP contribution in [0.2, 0.25) is 0 Å². The van der Waals surface area contributed by atoms with Crippen LogP contribution in [0.3, 0.4) is 0 Å². The molecule has 0 saturated heterocycles.